The van der Waals surface area contributed by atoms with Gasteiger partial charge < -0.3 is 25.0 Å². The van der Waals surface area contributed by atoms with E-state index in [0.717, 1.165) is 37.2 Å². The van der Waals surface area contributed by atoms with Crippen LogP contribution in [0, 0.1) is 5.41 Å². The van der Waals surface area contributed by atoms with Gasteiger partial charge in [-0.25, -0.2) is 0 Å². The van der Waals surface area contributed by atoms with Gasteiger partial charge in [0.05, 0.1) is 12.0 Å². The van der Waals surface area contributed by atoms with Crippen LogP contribution >= 0.6 is 24.0 Å². The van der Waals surface area contributed by atoms with Gasteiger partial charge in [0.15, 0.2) is 17.5 Å². The molecule has 1 aromatic rings. The summed E-state index contributed by atoms with van der Waals surface area (Å²) in [5, 5.41) is 6.63. The van der Waals surface area contributed by atoms with Crippen LogP contribution in [0.25, 0.3) is 0 Å². The van der Waals surface area contributed by atoms with E-state index in [1.54, 1.807) is 11.9 Å². The summed E-state index contributed by atoms with van der Waals surface area (Å²) in [6.07, 6.45) is 3.94. The van der Waals surface area contributed by atoms with Gasteiger partial charge in [0.25, 0.3) is 0 Å². The van der Waals surface area contributed by atoms with Crippen LogP contribution in [-0.2, 0) is 4.79 Å². The Balaban J connectivity index is 0.00000280. The van der Waals surface area contributed by atoms with Gasteiger partial charge in [-0.2, -0.15) is 0 Å². The number of nitrogens with one attached hydrogen (secondary N) is 2. The maximum Gasteiger partial charge on any atom is 0.230 e. The topological polar surface area (TPSA) is 75.2 Å². The van der Waals surface area contributed by atoms with Crippen molar-refractivity contribution in [2.24, 2.45) is 10.4 Å². The van der Waals surface area contributed by atoms with Gasteiger partial charge in [0, 0.05) is 27.7 Å². The van der Waals surface area contributed by atoms with E-state index in [1.165, 1.54) is 0 Å². The first-order chi connectivity index (χ1) is 13.0. The third-order valence-electron chi connectivity index (χ3n) is 5.30. The SMILES string of the molecule is CN=C(NCC1COc2ccccc2O1)NCC1(C(=O)N(C)C)CCCC1.I. The number of carbonyl (C=O) groups is 1. The molecule has 156 valence electrons. The molecule has 1 amide bonds. The number of rotatable bonds is 5. The third kappa shape index (κ3) is 5.21. The van der Waals surface area contributed by atoms with E-state index in [4.69, 9.17) is 9.47 Å². The number of aliphatic imine (C=N–C) groups is 1. The third-order valence-corrected chi connectivity index (χ3v) is 5.30. The van der Waals surface area contributed by atoms with E-state index in [1.807, 2.05) is 38.4 Å². The minimum absolute atomic E-state index is 0. The van der Waals surface area contributed by atoms with Crippen molar-refractivity contribution < 1.29 is 14.3 Å². The largest absolute Gasteiger partial charge is 0.486 e. The number of carbonyl (C=O) groups excluding carboxylic acids is 1. The first-order valence-electron chi connectivity index (χ1n) is 9.59. The molecule has 7 nitrogen and oxygen atoms in total. The summed E-state index contributed by atoms with van der Waals surface area (Å²) >= 11 is 0. The van der Waals surface area contributed by atoms with Gasteiger partial charge >= 0.3 is 0 Å². The van der Waals surface area contributed by atoms with Crippen molar-refractivity contribution in [1.29, 1.82) is 0 Å². The van der Waals surface area contributed by atoms with Gasteiger partial charge in [0.2, 0.25) is 5.91 Å². The minimum atomic E-state index is -0.329. The van der Waals surface area contributed by atoms with Gasteiger partial charge in [-0.3, -0.25) is 9.79 Å². The lowest BCUT2D eigenvalue weighted by Gasteiger charge is -2.32. The Morgan fingerprint density at radius 2 is 1.89 bits per heavy atom. The molecule has 2 N–H and O–H groups in total. The molecule has 28 heavy (non-hydrogen) atoms. The summed E-state index contributed by atoms with van der Waals surface area (Å²) in [5.41, 5.74) is -0.329. The van der Waals surface area contributed by atoms with Gasteiger partial charge in [0.1, 0.15) is 12.7 Å². The number of fused-ring (bicyclic) bond motifs is 1. The fourth-order valence-corrected chi connectivity index (χ4v) is 3.84. The molecule has 8 heteroatoms. The average molecular weight is 502 g/mol. The molecule has 1 saturated carbocycles. The number of nitrogens with zero attached hydrogens (tertiary/aromatic N) is 2. The van der Waals surface area contributed by atoms with E-state index in [-0.39, 0.29) is 41.4 Å². The molecule has 0 radical (unpaired) electrons. The summed E-state index contributed by atoms with van der Waals surface area (Å²) in [7, 11) is 5.39. The first-order valence-corrected chi connectivity index (χ1v) is 9.59. The van der Waals surface area contributed by atoms with Gasteiger partial charge in [-0.05, 0) is 25.0 Å². The summed E-state index contributed by atoms with van der Waals surface area (Å²) in [6, 6.07) is 7.68. The zero-order chi connectivity index (χ0) is 19.3. The fourth-order valence-electron chi connectivity index (χ4n) is 3.84. The molecular weight excluding hydrogens is 471 g/mol. The highest BCUT2D eigenvalue weighted by molar-refractivity contribution is 14.0. The number of hydrogen-bond donors (Lipinski definition) is 2. The van der Waals surface area contributed by atoms with Gasteiger partial charge in [-0.15, -0.1) is 24.0 Å². The molecule has 3 rings (SSSR count). The zero-order valence-corrected chi connectivity index (χ0v) is 19.2. The maximum absolute atomic E-state index is 12.7. The van der Waals surface area contributed by atoms with Gasteiger partial charge in [-0.1, -0.05) is 25.0 Å². The predicted molar refractivity (Wildman–Crippen MR) is 121 cm³/mol. The van der Waals surface area contributed by atoms with Crippen LogP contribution in [0.5, 0.6) is 11.5 Å². The Hall–Kier alpha value is -1.71. The van der Waals surface area contributed by atoms with E-state index in [0.29, 0.717) is 25.7 Å². The molecule has 1 aromatic carbocycles. The van der Waals surface area contributed by atoms with Crippen molar-refractivity contribution in [1.82, 2.24) is 15.5 Å². The van der Waals surface area contributed by atoms with Crippen molar-refractivity contribution in [3.05, 3.63) is 24.3 Å². The van der Waals surface area contributed by atoms with Crippen molar-refractivity contribution in [2.75, 3.05) is 40.8 Å². The van der Waals surface area contributed by atoms with Crippen molar-refractivity contribution in [3.63, 3.8) is 0 Å². The first kappa shape index (κ1) is 22.6. The highest BCUT2D eigenvalue weighted by Crippen LogP contribution is 2.38. The second kappa shape index (κ2) is 10.2. The van der Waals surface area contributed by atoms with E-state index < -0.39 is 0 Å². The van der Waals surface area contributed by atoms with Crippen LogP contribution in [0.2, 0.25) is 0 Å². The normalized spacial score (nSPS) is 20.1. The molecule has 1 atom stereocenters. The highest BCUT2D eigenvalue weighted by atomic mass is 127. The smallest absolute Gasteiger partial charge is 0.230 e. The number of guanidine groups is 1. The number of ether oxygens (including phenoxy) is 2. The van der Waals surface area contributed by atoms with Crippen LogP contribution < -0.4 is 20.1 Å². The lowest BCUT2D eigenvalue weighted by molar-refractivity contribution is -0.138. The molecule has 2 aliphatic rings. The highest BCUT2D eigenvalue weighted by Gasteiger charge is 2.42. The molecule has 0 bridgehead atoms. The van der Waals surface area contributed by atoms with Crippen LogP contribution in [0.1, 0.15) is 25.7 Å². The fraction of sp³-hybridized carbons (Fsp3) is 0.600. The van der Waals surface area contributed by atoms with Crippen LogP contribution in [-0.4, -0.2) is 63.7 Å². The van der Waals surface area contributed by atoms with E-state index in [2.05, 4.69) is 15.6 Å². The number of benzene rings is 1. The minimum Gasteiger partial charge on any atom is -0.486 e. The van der Waals surface area contributed by atoms with Crippen molar-refractivity contribution in [2.45, 2.75) is 31.8 Å². The Morgan fingerprint density at radius 3 is 2.54 bits per heavy atom. The van der Waals surface area contributed by atoms with Crippen LogP contribution in [0.4, 0.5) is 0 Å². The Kier molecular flexibility index (Phi) is 8.21. The standard InChI is InChI=1S/C20H30N4O3.HI/c1-21-19(23-14-20(10-6-7-11-20)18(25)24(2)3)22-12-15-13-26-16-8-4-5-9-17(16)27-15;/h4-5,8-9,15H,6-7,10-14H2,1-3H3,(H2,21,22,23);1H. The van der Waals surface area contributed by atoms with Crippen molar-refractivity contribution in [3.8, 4) is 11.5 Å². The predicted octanol–water partition coefficient (Wildman–Crippen LogP) is 2.26. The lowest BCUT2D eigenvalue weighted by atomic mass is 9.84. The van der Waals surface area contributed by atoms with Crippen LogP contribution in [0.15, 0.2) is 29.3 Å². The van der Waals surface area contributed by atoms with Crippen molar-refractivity contribution >= 4 is 35.8 Å². The number of amides is 1. The molecule has 0 spiro atoms. The Labute approximate surface area is 184 Å². The number of para-hydroxylation sites is 2. The number of halogens is 1. The summed E-state index contributed by atoms with van der Waals surface area (Å²) in [5.74, 6) is 2.42. The molecule has 1 aliphatic carbocycles. The molecular formula is C20H31IN4O3. The Morgan fingerprint density at radius 1 is 1.21 bits per heavy atom. The monoisotopic (exact) mass is 502 g/mol. The average Bonchev–Trinajstić information content (AvgIpc) is 3.17. The summed E-state index contributed by atoms with van der Waals surface area (Å²) in [6.45, 7) is 1.65. The Bertz CT molecular complexity index is 690. The van der Waals surface area contributed by atoms with E-state index >= 15 is 0 Å². The molecule has 1 fully saturated rings. The summed E-state index contributed by atoms with van der Waals surface area (Å²) < 4.78 is 11.7. The quantitative estimate of drug-likeness (QED) is 0.367. The molecule has 1 heterocycles. The van der Waals surface area contributed by atoms with Crippen LogP contribution in [0.3, 0.4) is 0 Å². The number of hydrogen-bond acceptors (Lipinski definition) is 4. The zero-order valence-electron chi connectivity index (χ0n) is 16.9. The molecule has 1 aliphatic heterocycles. The summed E-state index contributed by atoms with van der Waals surface area (Å²) in [4.78, 5) is 18.7. The molecule has 1 unspecified atom stereocenters. The molecule has 0 aromatic heterocycles. The second-order valence-electron chi connectivity index (χ2n) is 7.49. The lowest BCUT2D eigenvalue weighted by Crippen LogP contribution is -2.51. The second-order valence-corrected chi connectivity index (χ2v) is 7.49. The maximum atomic E-state index is 12.7. The molecule has 0 saturated heterocycles. The van der Waals surface area contributed by atoms with E-state index in [9.17, 15) is 4.79 Å².